The Bertz CT molecular complexity index is 455. The lowest BCUT2D eigenvalue weighted by molar-refractivity contribution is 0.362. The molecule has 1 unspecified atom stereocenters. The van der Waals surface area contributed by atoms with Gasteiger partial charge in [-0.1, -0.05) is 58.8 Å². The Hall–Kier alpha value is -1.13. The molecular weight excluding hydrogens is 299 g/mol. The van der Waals surface area contributed by atoms with E-state index in [9.17, 15) is 22.0 Å². The number of hydrogen-bond acceptors (Lipinski definition) is 0. The maximum atomic E-state index is 13.6. The molecule has 0 bridgehead atoms. The van der Waals surface area contributed by atoms with Crippen LogP contribution in [0.3, 0.4) is 0 Å². The van der Waals surface area contributed by atoms with Gasteiger partial charge in [0.2, 0.25) is 5.82 Å². The molecule has 1 aromatic carbocycles. The lowest BCUT2D eigenvalue weighted by Gasteiger charge is -2.15. The molecule has 0 saturated carbocycles. The maximum absolute atomic E-state index is 13.6. The molecule has 0 spiro atoms. The van der Waals surface area contributed by atoms with Gasteiger partial charge in [-0.25, -0.2) is 22.0 Å². The van der Waals surface area contributed by atoms with E-state index in [1.165, 1.54) is 19.8 Å². The monoisotopic (exact) mass is 322 g/mol. The predicted octanol–water partition coefficient (Wildman–Crippen LogP) is 6.63. The van der Waals surface area contributed by atoms with Crippen LogP contribution in [0.4, 0.5) is 22.0 Å². The van der Waals surface area contributed by atoms with E-state index < -0.39 is 40.6 Å². The minimum absolute atomic E-state index is 0.409. The van der Waals surface area contributed by atoms with Crippen LogP contribution in [-0.4, -0.2) is 0 Å². The zero-order valence-corrected chi connectivity index (χ0v) is 13.1. The minimum atomic E-state index is -2.10. The Balaban J connectivity index is 2.58. The van der Waals surface area contributed by atoms with Crippen LogP contribution in [0.2, 0.25) is 0 Å². The van der Waals surface area contributed by atoms with Crippen molar-refractivity contribution in [3.8, 4) is 0 Å². The zero-order chi connectivity index (χ0) is 16.7. The molecule has 0 aliphatic carbocycles. The molecule has 0 aromatic heterocycles. The maximum Gasteiger partial charge on any atom is 0.200 e. The second kappa shape index (κ2) is 9.11. The standard InChI is InChI=1S/C17H23F5/c1-3-4-5-6-7-8-9-10-11(2)12-13(18)15(20)17(22)16(21)14(12)19/h11H,3-10H2,1-2H3. The van der Waals surface area contributed by atoms with Gasteiger partial charge >= 0.3 is 0 Å². The summed E-state index contributed by atoms with van der Waals surface area (Å²) in [5.41, 5.74) is -0.692. The molecule has 126 valence electrons. The first-order chi connectivity index (χ1) is 10.4. The highest BCUT2D eigenvalue weighted by Crippen LogP contribution is 2.31. The lowest BCUT2D eigenvalue weighted by atomic mass is 9.93. The van der Waals surface area contributed by atoms with Crippen LogP contribution in [-0.2, 0) is 0 Å². The number of rotatable bonds is 9. The average molecular weight is 322 g/mol. The third-order valence-electron chi connectivity index (χ3n) is 3.98. The summed E-state index contributed by atoms with van der Waals surface area (Å²) in [4.78, 5) is 0. The van der Waals surface area contributed by atoms with E-state index in [2.05, 4.69) is 6.92 Å². The molecule has 0 N–H and O–H groups in total. The summed E-state index contributed by atoms with van der Waals surface area (Å²) in [6.07, 6.45) is 7.71. The van der Waals surface area contributed by atoms with E-state index in [0.29, 0.717) is 12.8 Å². The molecule has 0 fully saturated rings. The van der Waals surface area contributed by atoms with Gasteiger partial charge in [0.15, 0.2) is 23.3 Å². The van der Waals surface area contributed by atoms with Gasteiger partial charge in [-0.2, -0.15) is 0 Å². The summed E-state index contributed by atoms with van der Waals surface area (Å²) in [6, 6.07) is 0. The van der Waals surface area contributed by atoms with Gasteiger partial charge in [0.25, 0.3) is 0 Å². The summed E-state index contributed by atoms with van der Waals surface area (Å²) in [5.74, 6) is -9.92. The highest BCUT2D eigenvalue weighted by atomic mass is 19.2. The highest BCUT2D eigenvalue weighted by Gasteiger charge is 2.28. The molecule has 0 amide bonds. The summed E-state index contributed by atoms with van der Waals surface area (Å²) in [6.45, 7) is 3.63. The van der Waals surface area contributed by atoms with Crippen LogP contribution < -0.4 is 0 Å². The average Bonchev–Trinajstić information content (AvgIpc) is 2.50. The van der Waals surface area contributed by atoms with Crippen molar-refractivity contribution >= 4 is 0 Å². The fourth-order valence-electron chi connectivity index (χ4n) is 2.61. The largest absolute Gasteiger partial charge is 0.203 e. The van der Waals surface area contributed by atoms with Crippen molar-refractivity contribution in [1.29, 1.82) is 0 Å². The first-order valence-corrected chi connectivity index (χ1v) is 7.93. The van der Waals surface area contributed by atoms with Crippen molar-refractivity contribution in [1.82, 2.24) is 0 Å². The Morgan fingerprint density at radius 1 is 0.636 bits per heavy atom. The van der Waals surface area contributed by atoms with Crippen molar-refractivity contribution in [2.45, 2.75) is 71.1 Å². The quantitative estimate of drug-likeness (QED) is 0.207. The van der Waals surface area contributed by atoms with Crippen LogP contribution in [0, 0.1) is 29.1 Å². The zero-order valence-electron chi connectivity index (χ0n) is 13.1. The molecule has 5 heteroatoms. The van der Waals surface area contributed by atoms with Crippen molar-refractivity contribution < 1.29 is 22.0 Å². The molecule has 22 heavy (non-hydrogen) atoms. The molecule has 0 aliphatic heterocycles. The summed E-state index contributed by atoms with van der Waals surface area (Å²) in [7, 11) is 0. The van der Waals surface area contributed by atoms with Gasteiger partial charge < -0.3 is 0 Å². The third-order valence-corrected chi connectivity index (χ3v) is 3.98. The second-order valence-electron chi connectivity index (χ2n) is 5.79. The fourth-order valence-corrected chi connectivity index (χ4v) is 2.61. The summed E-state index contributed by atoms with van der Waals surface area (Å²) < 4.78 is 66.6. The Kier molecular flexibility index (Phi) is 7.83. The van der Waals surface area contributed by atoms with Gasteiger partial charge in [0.05, 0.1) is 0 Å². The first kappa shape index (κ1) is 18.9. The number of benzene rings is 1. The van der Waals surface area contributed by atoms with E-state index in [1.54, 1.807) is 0 Å². The molecular formula is C17H23F5. The molecule has 0 heterocycles. The van der Waals surface area contributed by atoms with Gasteiger partial charge in [0.1, 0.15) is 0 Å². The molecule has 1 rings (SSSR count). The predicted molar refractivity (Wildman–Crippen MR) is 77.3 cm³/mol. The Morgan fingerprint density at radius 3 is 1.55 bits per heavy atom. The molecule has 0 aliphatic rings. The first-order valence-electron chi connectivity index (χ1n) is 7.93. The Labute approximate surface area is 128 Å². The molecule has 1 atom stereocenters. The van der Waals surface area contributed by atoms with Crippen LogP contribution >= 0.6 is 0 Å². The van der Waals surface area contributed by atoms with E-state index in [1.807, 2.05) is 0 Å². The second-order valence-corrected chi connectivity index (χ2v) is 5.79. The normalized spacial score (nSPS) is 12.7. The van der Waals surface area contributed by atoms with Crippen LogP contribution in [0.5, 0.6) is 0 Å². The van der Waals surface area contributed by atoms with Gasteiger partial charge in [-0.15, -0.1) is 0 Å². The van der Waals surface area contributed by atoms with E-state index in [-0.39, 0.29) is 0 Å². The van der Waals surface area contributed by atoms with Crippen LogP contribution in [0.25, 0.3) is 0 Å². The van der Waals surface area contributed by atoms with E-state index >= 15 is 0 Å². The fraction of sp³-hybridized carbons (Fsp3) is 0.647. The molecule has 0 saturated heterocycles. The van der Waals surface area contributed by atoms with Crippen LogP contribution in [0.1, 0.15) is 76.7 Å². The van der Waals surface area contributed by atoms with Crippen LogP contribution in [0.15, 0.2) is 0 Å². The van der Waals surface area contributed by atoms with E-state index in [4.69, 9.17) is 0 Å². The number of unbranched alkanes of at least 4 members (excludes halogenated alkanes) is 6. The number of hydrogen-bond donors (Lipinski definition) is 0. The topological polar surface area (TPSA) is 0 Å². The minimum Gasteiger partial charge on any atom is -0.203 e. The summed E-state index contributed by atoms with van der Waals surface area (Å²) in [5, 5.41) is 0. The molecule has 1 aromatic rings. The van der Waals surface area contributed by atoms with Gasteiger partial charge in [0, 0.05) is 5.56 Å². The summed E-state index contributed by atoms with van der Waals surface area (Å²) >= 11 is 0. The van der Waals surface area contributed by atoms with Crippen molar-refractivity contribution in [2.75, 3.05) is 0 Å². The Morgan fingerprint density at radius 2 is 1.05 bits per heavy atom. The van der Waals surface area contributed by atoms with Crippen molar-refractivity contribution in [3.63, 3.8) is 0 Å². The SMILES string of the molecule is CCCCCCCCCC(C)c1c(F)c(F)c(F)c(F)c1F. The van der Waals surface area contributed by atoms with Crippen molar-refractivity contribution in [2.24, 2.45) is 0 Å². The lowest BCUT2D eigenvalue weighted by Crippen LogP contribution is -2.10. The highest BCUT2D eigenvalue weighted by molar-refractivity contribution is 5.27. The van der Waals surface area contributed by atoms with E-state index in [0.717, 1.165) is 25.7 Å². The third kappa shape index (κ3) is 4.68. The molecule has 0 radical (unpaired) electrons. The number of halogens is 5. The molecule has 0 nitrogen and oxygen atoms in total. The van der Waals surface area contributed by atoms with Gasteiger partial charge in [-0.3, -0.25) is 0 Å². The smallest absolute Gasteiger partial charge is 0.200 e. The van der Waals surface area contributed by atoms with Gasteiger partial charge in [-0.05, 0) is 12.3 Å². The van der Waals surface area contributed by atoms with Crippen molar-refractivity contribution in [3.05, 3.63) is 34.6 Å².